The zero-order valence-corrected chi connectivity index (χ0v) is 13.7. The van der Waals surface area contributed by atoms with E-state index in [-0.39, 0.29) is 18.0 Å². The quantitative estimate of drug-likeness (QED) is 0.482. The first-order chi connectivity index (χ1) is 10.9. The minimum Gasteiger partial charge on any atom is -0.468 e. The van der Waals surface area contributed by atoms with Crippen LogP contribution in [-0.4, -0.2) is 39.8 Å². The normalized spacial score (nSPS) is 16.9. The minimum absolute atomic E-state index is 0.0299. The van der Waals surface area contributed by atoms with E-state index >= 15 is 0 Å². The second kappa shape index (κ2) is 7.67. The van der Waals surface area contributed by atoms with Crippen molar-refractivity contribution in [1.29, 1.82) is 0 Å². The number of carbonyl (C=O) groups excluding carboxylic acids is 1. The van der Waals surface area contributed by atoms with E-state index in [1.165, 1.54) is 0 Å². The molecule has 1 aliphatic rings. The van der Waals surface area contributed by atoms with Gasteiger partial charge in [-0.15, -0.1) is 0 Å². The van der Waals surface area contributed by atoms with E-state index in [4.69, 9.17) is 29.3 Å². The Balaban J connectivity index is 2.17. The first-order valence-electron chi connectivity index (χ1n) is 7.46. The average Bonchev–Trinajstić information content (AvgIpc) is 2.48. The van der Waals surface area contributed by atoms with Crippen molar-refractivity contribution in [2.45, 2.75) is 20.8 Å². The Labute approximate surface area is 136 Å². The predicted molar refractivity (Wildman–Crippen MR) is 84.8 cm³/mol. The maximum absolute atomic E-state index is 10.9. The van der Waals surface area contributed by atoms with E-state index in [9.17, 15) is 4.79 Å². The lowest BCUT2D eigenvalue weighted by atomic mass is 9.75. The summed E-state index contributed by atoms with van der Waals surface area (Å²) in [4.78, 5) is 10.9. The van der Waals surface area contributed by atoms with E-state index < -0.39 is 13.2 Å². The molecule has 2 rings (SSSR count). The van der Waals surface area contributed by atoms with Crippen molar-refractivity contribution in [1.82, 2.24) is 0 Å². The first-order valence-corrected chi connectivity index (χ1v) is 7.46. The Morgan fingerprint density at radius 1 is 1.35 bits per heavy atom. The predicted octanol–water partition coefficient (Wildman–Crippen LogP) is 1.29. The molecule has 0 atom stereocenters. The SMILES string of the molecule is CCOCOc1cc(OC(N)=O)ccc1B1OCC(C)(C)CO1. The highest BCUT2D eigenvalue weighted by Crippen LogP contribution is 2.24. The van der Waals surface area contributed by atoms with Crippen LogP contribution in [0.25, 0.3) is 0 Å². The van der Waals surface area contributed by atoms with Crippen molar-refractivity contribution >= 4 is 18.7 Å². The number of primary amides is 1. The van der Waals surface area contributed by atoms with Crippen molar-refractivity contribution in [2.24, 2.45) is 11.1 Å². The van der Waals surface area contributed by atoms with Crippen molar-refractivity contribution < 1.29 is 28.3 Å². The average molecular weight is 323 g/mol. The molecule has 1 heterocycles. The Kier molecular flexibility index (Phi) is 5.87. The fourth-order valence-corrected chi connectivity index (χ4v) is 2.07. The molecule has 0 saturated carbocycles. The van der Waals surface area contributed by atoms with Crippen LogP contribution in [0.1, 0.15) is 20.8 Å². The van der Waals surface area contributed by atoms with Crippen LogP contribution in [0.15, 0.2) is 18.2 Å². The van der Waals surface area contributed by atoms with Gasteiger partial charge in [-0.25, -0.2) is 4.79 Å². The summed E-state index contributed by atoms with van der Waals surface area (Å²) in [5.74, 6) is 0.741. The van der Waals surface area contributed by atoms with E-state index in [0.717, 1.165) is 0 Å². The number of carbonyl (C=O) groups is 1. The zero-order chi connectivity index (χ0) is 16.9. The fourth-order valence-electron chi connectivity index (χ4n) is 2.07. The summed E-state index contributed by atoms with van der Waals surface area (Å²) in [6, 6.07) is 4.90. The molecule has 8 heteroatoms. The van der Waals surface area contributed by atoms with Crippen LogP contribution in [0, 0.1) is 5.41 Å². The van der Waals surface area contributed by atoms with Gasteiger partial charge >= 0.3 is 13.2 Å². The van der Waals surface area contributed by atoms with Crippen LogP contribution < -0.4 is 20.7 Å². The number of hydrogen-bond donors (Lipinski definition) is 1. The van der Waals surface area contributed by atoms with Gasteiger partial charge in [0.2, 0.25) is 0 Å². The molecule has 1 aliphatic heterocycles. The van der Waals surface area contributed by atoms with Gasteiger partial charge in [-0.2, -0.15) is 0 Å². The Hall–Kier alpha value is -1.77. The van der Waals surface area contributed by atoms with Crippen LogP contribution in [-0.2, 0) is 14.0 Å². The van der Waals surface area contributed by atoms with Gasteiger partial charge in [0, 0.05) is 36.8 Å². The lowest BCUT2D eigenvalue weighted by molar-refractivity contribution is 0.0207. The molecule has 126 valence electrons. The molecule has 1 aromatic carbocycles. The monoisotopic (exact) mass is 323 g/mol. The summed E-state index contributed by atoms with van der Waals surface area (Å²) >= 11 is 0. The summed E-state index contributed by atoms with van der Waals surface area (Å²) < 4.78 is 27.2. The summed E-state index contributed by atoms with van der Waals surface area (Å²) in [6.07, 6.45) is -0.888. The van der Waals surface area contributed by atoms with Crippen LogP contribution in [0.2, 0.25) is 0 Å². The molecule has 0 unspecified atom stereocenters. The number of amides is 1. The number of hydrogen-bond acceptors (Lipinski definition) is 6. The van der Waals surface area contributed by atoms with Crippen LogP contribution in [0.4, 0.5) is 4.79 Å². The molecule has 0 radical (unpaired) electrons. The van der Waals surface area contributed by atoms with Crippen LogP contribution in [0.3, 0.4) is 0 Å². The third-order valence-electron chi connectivity index (χ3n) is 3.21. The second-order valence-electron chi connectivity index (χ2n) is 5.99. The number of rotatable bonds is 6. The molecule has 1 aromatic rings. The molecule has 23 heavy (non-hydrogen) atoms. The molecular formula is C15H22BNO6. The van der Waals surface area contributed by atoms with Crippen molar-refractivity contribution in [2.75, 3.05) is 26.6 Å². The molecule has 1 amide bonds. The zero-order valence-electron chi connectivity index (χ0n) is 13.7. The number of ether oxygens (including phenoxy) is 3. The molecule has 1 fully saturated rings. The topological polar surface area (TPSA) is 89.2 Å². The molecule has 0 aromatic heterocycles. The van der Waals surface area contributed by atoms with E-state index in [2.05, 4.69) is 13.8 Å². The first kappa shape index (κ1) is 17.6. The molecular weight excluding hydrogens is 301 g/mol. The standard InChI is InChI=1S/C15H22BNO6/c1-4-19-10-20-13-7-11(23-14(17)18)5-6-12(13)16-21-8-15(2,3)9-22-16/h5-7H,4,8-10H2,1-3H3,(H2,17,18). The Bertz CT molecular complexity index is 541. The third kappa shape index (κ3) is 5.12. The second-order valence-corrected chi connectivity index (χ2v) is 5.99. The molecule has 2 N–H and O–H groups in total. The number of benzene rings is 1. The van der Waals surface area contributed by atoms with Gasteiger partial charge in [0.05, 0.1) is 0 Å². The Morgan fingerprint density at radius 2 is 2.04 bits per heavy atom. The molecule has 1 saturated heterocycles. The van der Waals surface area contributed by atoms with Crippen molar-refractivity contribution in [3.8, 4) is 11.5 Å². The summed E-state index contributed by atoms with van der Waals surface area (Å²) in [6.45, 7) is 7.74. The summed E-state index contributed by atoms with van der Waals surface area (Å²) in [5, 5.41) is 0. The summed E-state index contributed by atoms with van der Waals surface area (Å²) in [5.41, 5.74) is 5.71. The van der Waals surface area contributed by atoms with Crippen molar-refractivity contribution in [3.05, 3.63) is 18.2 Å². The fraction of sp³-hybridized carbons (Fsp3) is 0.533. The van der Waals surface area contributed by atoms with Gasteiger partial charge in [0.1, 0.15) is 11.5 Å². The van der Waals surface area contributed by atoms with Crippen LogP contribution >= 0.6 is 0 Å². The number of nitrogens with two attached hydrogens (primary N) is 1. The smallest absolute Gasteiger partial charge is 0.468 e. The highest BCUT2D eigenvalue weighted by atomic mass is 16.7. The lowest BCUT2D eigenvalue weighted by Crippen LogP contribution is -2.47. The minimum atomic E-state index is -0.888. The van der Waals surface area contributed by atoms with Gasteiger partial charge in [-0.3, -0.25) is 0 Å². The highest BCUT2D eigenvalue weighted by molar-refractivity contribution is 6.62. The van der Waals surface area contributed by atoms with Gasteiger partial charge in [0.15, 0.2) is 6.79 Å². The van der Waals surface area contributed by atoms with Gasteiger partial charge in [-0.05, 0) is 13.0 Å². The van der Waals surface area contributed by atoms with Gasteiger partial charge < -0.3 is 29.3 Å². The van der Waals surface area contributed by atoms with E-state index in [1.807, 2.05) is 6.92 Å². The van der Waals surface area contributed by atoms with Gasteiger partial charge in [0.25, 0.3) is 0 Å². The third-order valence-corrected chi connectivity index (χ3v) is 3.21. The maximum Gasteiger partial charge on any atom is 0.497 e. The lowest BCUT2D eigenvalue weighted by Gasteiger charge is -2.33. The molecule has 7 nitrogen and oxygen atoms in total. The summed E-state index contributed by atoms with van der Waals surface area (Å²) in [7, 11) is -0.540. The molecule has 0 bridgehead atoms. The van der Waals surface area contributed by atoms with E-state index in [1.54, 1.807) is 18.2 Å². The maximum atomic E-state index is 10.9. The van der Waals surface area contributed by atoms with Gasteiger partial charge in [-0.1, -0.05) is 19.9 Å². The highest BCUT2D eigenvalue weighted by Gasteiger charge is 2.35. The van der Waals surface area contributed by atoms with E-state index in [0.29, 0.717) is 31.0 Å². The molecule has 0 aliphatic carbocycles. The van der Waals surface area contributed by atoms with Crippen molar-refractivity contribution in [3.63, 3.8) is 0 Å². The van der Waals surface area contributed by atoms with Crippen LogP contribution in [0.5, 0.6) is 11.5 Å². The largest absolute Gasteiger partial charge is 0.497 e. The Morgan fingerprint density at radius 3 is 2.65 bits per heavy atom. The molecule has 0 spiro atoms.